The van der Waals surface area contributed by atoms with Crippen molar-refractivity contribution in [3.63, 3.8) is 0 Å². The maximum Gasteiger partial charge on any atom is 0.322 e. The molecule has 0 radical (unpaired) electrons. The maximum atomic E-state index is 13.0. The van der Waals surface area contributed by atoms with Gasteiger partial charge >= 0.3 is 6.01 Å². The highest BCUT2D eigenvalue weighted by atomic mass is 32.2. The molecule has 0 aliphatic carbocycles. The van der Waals surface area contributed by atoms with Crippen molar-refractivity contribution in [3.8, 4) is 11.5 Å². The van der Waals surface area contributed by atoms with Crippen molar-refractivity contribution in [2.75, 3.05) is 52.1 Å². The summed E-state index contributed by atoms with van der Waals surface area (Å²) in [6.45, 7) is 0.864. The average Bonchev–Trinajstić information content (AvgIpc) is 3.32. The molecular formula is C22H26N4O6S2. The number of carbonyl (C=O) groups is 1. The van der Waals surface area contributed by atoms with Crippen LogP contribution >= 0.6 is 11.8 Å². The molecule has 1 N–H and O–H groups in total. The minimum Gasteiger partial charge on any atom is -0.403 e. The summed E-state index contributed by atoms with van der Waals surface area (Å²) in [4.78, 5) is 13.7. The van der Waals surface area contributed by atoms with Crippen LogP contribution in [0, 0.1) is 0 Å². The molecule has 3 aromatic rings. The number of methoxy groups -OCH3 is 2. The van der Waals surface area contributed by atoms with Crippen molar-refractivity contribution < 1.29 is 27.1 Å². The quantitative estimate of drug-likeness (QED) is 0.369. The number of sulfonamides is 1. The highest BCUT2D eigenvalue weighted by Crippen LogP contribution is 2.23. The lowest BCUT2D eigenvalue weighted by molar-refractivity contribution is 0.102. The molecule has 1 amide bonds. The molecule has 1 aromatic heterocycles. The van der Waals surface area contributed by atoms with Crippen LogP contribution in [0.15, 0.2) is 62.7 Å². The standard InChI is InChI=1S/C22H26N4O6S2/c1-30-14-12-26(13-15-31-2)34(28,29)19-10-6-16(7-11-19)20(27)23-22-25-24-21(32-22)17-4-8-18(33-3)9-5-17/h4-11H,12-15H2,1-3H3,(H,23,25,27). The molecule has 0 saturated carbocycles. The fraction of sp³-hybridized carbons (Fsp3) is 0.318. The molecule has 0 fully saturated rings. The number of anilines is 1. The van der Waals surface area contributed by atoms with Crippen LogP contribution in [0.1, 0.15) is 10.4 Å². The first-order chi connectivity index (χ1) is 16.4. The molecule has 182 valence electrons. The van der Waals surface area contributed by atoms with Gasteiger partial charge in [-0.25, -0.2) is 8.42 Å². The Bertz CT molecular complexity index is 1170. The van der Waals surface area contributed by atoms with Crippen LogP contribution in [0.4, 0.5) is 6.01 Å². The van der Waals surface area contributed by atoms with Crippen molar-refractivity contribution in [3.05, 3.63) is 54.1 Å². The second-order valence-corrected chi connectivity index (χ2v) is 9.83. The number of benzene rings is 2. The topological polar surface area (TPSA) is 124 Å². The predicted octanol–water partition coefficient (Wildman–Crippen LogP) is 2.99. The van der Waals surface area contributed by atoms with Crippen molar-refractivity contribution in [1.29, 1.82) is 0 Å². The van der Waals surface area contributed by atoms with Gasteiger partial charge in [-0.1, -0.05) is 5.10 Å². The molecule has 10 nitrogen and oxygen atoms in total. The molecular weight excluding hydrogens is 480 g/mol. The van der Waals surface area contributed by atoms with Crippen molar-refractivity contribution in [1.82, 2.24) is 14.5 Å². The lowest BCUT2D eigenvalue weighted by atomic mass is 10.2. The van der Waals surface area contributed by atoms with Gasteiger partial charge in [0.25, 0.3) is 5.91 Å². The number of hydrogen-bond donors (Lipinski definition) is 1. The highest BCUT2D eigenvalue weighted by molar-refractivity contribution is 7.98. The van der Waals surface area contributed by atoms with Crippen LogP contribution in [0.3, 0.4) is 0 Å². The first-order valence-corrected chi connectivity index (χ1v) is 12.9. The summed E-state index contributed by atoms with van der Waals surface area (Å²) in [5.41, 5.74) is 0.968. The van der Waals surface area contributed by atoms with Crippen LogP contribution in [0.5, 0.6) is 0 Å². The van der Waals surface area contributed by atoms with E-state index in [1.165, 1.54) is 42.8 Å². The second-order valence-electron chi connectivity index (χ2n) is 7.01. The van der Waals surface area contributed by atoms with Gasteiger partial charge in [0.1, 0.15) is 0 Å². The number of carbonyl (C=O) groups excluding carboxylic acids is 1. The van der Waals surface area contributed by atoms with Crippen LogP contribution in [-0.2, 0) is 19.5 Å². The minimum atomic E-state index is -3.78. The molecule has 0 unspecified atom stereocenters. The van der Waals surface area contributed by atoms with E-state index >= 15 is 0 Å². The van der Waals surface area contributed by atoms with Gasteiger partial charge in [0.15, 0.2) is 0 Å². The summed E-state index contributed by atoms with van der Waals surface area (Å²) < 4.78 is 42.8. The molecule has 0 spiro atoms. The number of ether oxygens (including phenoxy) is 2. The Kier molecular flexibility index (Phi) is 9.19. The lowest BCUT2D eigenvalue weighted by Crippen LogP contribution is -2.36. The van der Waals surface area contributed by atoms with Gasteiger partial charge in [0, 0.05) is 43.3 Å². The average molecular weight is 507 g/mol. The summed E-state index contributed by atoms with van der Waals surface area (Å²) in [6, 6.07) is 13.1. The summed E-state index contributed by atoms with van der Waals surface area (Å²) >= 11 is 1.62. The molecule has 0 atom stereocenters. The molecule has 0 bridgehead atoms. The molecule has 12 heteroatoms. The van der Waals surface area contributed by atoms with E-state index in [0.29, 0.717) is 0 Å². The third kappa shape index (κ3) is 6.42. The van der Waals surface area contributed by atoms with E-state index in [1.54, 1.807) is 11.8 Å². The molecule has 34 heavy (non-hydrogen) atoms. The van der Waals surface area contributed by atoms with Crippen LogP contribution in [-0.4, -0.2) is 75.6 Å². The van der Waals surface area contributed by atoms with Crippen molar-refractivity contribution in [2.24, 2.45) is 0 Å². The lowest BCUT2D eigenvalue weighted by Gasteiger charge is -2.21. The smallest absolute Gasteiger partial charge is 0.322 e. The number of thioether (sulfide) groups is 1. The Morgan fingerprint density at radius 1 is 1.00 bits per heavy atom. The zero-order valence-electron chi connectivity index (χ0n) is 19.1. The largest absolute Gasteiger partial charge is 0.403 e. The number of nitrogens with zero attached hydrogens (tertiary/aromatic N) is 3. The number of amides is 1. The molecule has 1 heterocycles. The number of rotatable bonds is 12. The SMILES string of the molecule is COCCN(CCOC)S(=O)(=O)c1ccc(C(=O)Nc2nnc(-c3ccc(SC)cc3)o2)cc1. The Balaban J connectivity index is 1.69. The number of nitrogens with one attached hydrogen (secondary N) is 1. The fourth-order valence-electron chi connectivity index (χ4n) is 2.96. The second kappa shape index (κ2) is 12.1. The summed E-state index contributed by atoms with van der Waals surface area (Å²) in [7, 11) is -0.776. The summed E-state index contributed by atoms with van der Waals surface area (Å²) in [5.74, 6) is -0.232. The third-order valence-corrected chi connectivity index (χ3v) is 7.48. The summed E-state index contributed by atoms with van der Waals surface area (Å²) in [6.07, 6.45) is 1.98. The molecule has 3 rings (SSSR count). The molecule has 0 aliphatic rings. The van der Waals surface area contributed by atoms with E-state index in [2.05, 4.69) is 15.5 Å². The summed E-state index contributed by atoms with van der Waals surface area (Å²) in [5, 5.41) is 10.3. The van der Waals surface area contributed by atoms with Crippen LogP contribution in [0.2, 0.25) is 0 Å². The first kappa shape index (κ1) is 25.8. The van der Waals surface area contributed by atoms with E-state index in [9.17, 15) is 13.2 Å². The van der Waals surface area contributed by atoms with Gasteiger partial charge in [-0.15, -0.1) is 16.9 Å². The van der Waals surface area contributed by atoms with Gasteiger partial charge in [-0.2, -0.15) is 4.31 Å². The van der Waals surface area contributed by atoms with Gasteiger partial charge in [-0.3, -0.25) is 10.1 Å². The normalized spacial score (nSPS) is 11.6. The molecule has 0 aliphatic heterocycles. The van der Waals surface area contributed by atoms with E-state index in [0.717, 1.165) is 10.5 Å². The monoisotopic (exact) mass is 506 g/mol. The Morgan fingerprint density at radius 3 is 2.18 bits per heavy atom. The molecule has 2 aromatic carbocycles. The maximum absolute atomic E-state index is 13.0. The predicted molar refractivity (Wildman–Crippen MR) is 128 cm³/mol. The van der Waals surface area contributed by atoms with Crippen molar-refractivity contribution >= 4 is 33.7 Å². The third-order valence-electron chi connectivity index (χ3n) is 4.83. The highest BCUT2D eigenvalue weighted by Gasteiger charge is 2.24. The Labute approximate surface area is 202 Å². The fourth-order valence-corrected chi connectivity index (χ4v) is 4.78. The number of aromatic nitrogens is 2. The van der Waals surface area contributed by atoms with Crippen LogP contribution in [0.25, 0.3) is 11.5 Å². The van der Waals surface area contributed by atoms with Gasteiger partial charge < -0.3 is 13.9 Å². The van der Waals surface area contributed by atoms with E-state index in [4.69, 9.17) is 13.9 Å². The zero-order valence-corrected chi connectivity index (χ0v) is 20.7. The van der Waals surface area contributed by atoms with Gasteiger partial charge in [0.05, 0.1) is 18.1 Å². The first-order valence-electron chi connectivity index (χ1n) is 10.3. The zero-order chi connectivity index (χ0) is 24.6. The Hall–Kier alpha value is -2.77. The van der Waals surface area contributed by atoms with Gasteiger partial charge in [-0.05, 0) is 54.8 Å². The van der Waals surface area contributed by atoms with Gasteiger partial charge in [0.2, 0.25) is 15.9 Å². The van der Waals surface area contributed by atoms with E-state index < -0.39 is 15.9 Å². The number of hydrogen-bond acceptors (Lipinski definition) is 9. The van der Waals surface area contributed by atoms with E-state index in [-0.39, 0.29) is 48.7 Å². The molecule has 0 saturated heterocycles. The van der Waals surface area contributed by atoms with E-state index in [1.807, 2.05) is 30.5 Å². The van der Waals surface area contributed by atoms with Crippen LogP contribution < -0.4 is 5.32 Å². The minimum absolute atomic E-state index is 0.0593. The van der Waals surface area contributed by atoms with Crippen molar-refractivity contribution in [2.45, 2.75) is 9.79 Å². The Morgan fingerprint density at radius 2 is 1.62 bits per heavy atom.